The first-order chi connectivity index (χ1) is 8.41. The zero-order valence-electron chi connectivity index (χ0n) is 12.3. The van der Waals surface area contributed by atoms with Crippen molar-refractivity contribution in [3.63, 3.8) is 0 Å². The van der Waals surface area contributed by atoms with Crippen molar-refractivity contribution in [2.45, 2.75) is 102 Å². The van der Waals surface area contributed by atoms with Gasteiger partial charge in [-0.25, -0.2) is 0 Å². The van der Waals surface area contributed by atoms with Crippen LogP contribution in [0.2, 0.25) is 10.6 Å². The van der Waals surface area contributed by atoms with Crippen molar-refractivity contribution in [2.75, 3.05) is 0 Å². The topological polar surface area (TPSA) is 0 Å². The van der Waals surface area contributed by atoms with E-state index in [0.717, 1.165) is 15.0 Å². The van der Waals surface area contributed by atoms with Crippen molar-refractivity contribution in [1.82, 2.24) is 0 Å². The van der Waals surface area contributed by atoms with Crippen LogP contribution in [0.1, 0.15) is 90.9 Å². The van der Waals surface area contributed by atoms with Crippen LogP contribution in [0.5, 0.6) is 0 Å². The fourth-order valence-electron chi connectivity index (χ4n) is 2.07. The maximum atomic E-state index is 2.30. The van der Waals surface area contributed by atoms with Gasteiger partial charge in [0.15, 0.2) is 0 Å². The van der Waals surface area contributed by atoms with Crippen molar-refractivity contribution in [3.05, 3.63) is 0 Å². The van der Waals surface area contributed by atoms with Crippen LogP contribution in [-0.2, 0) is 0 Å². The number of unbranched alkanes of at least 4 members (excludes halogenated alkanes) is 10. The van der Waals surface area contributed by atoms with Gasteiger partial charge >= 0.3 is 116 Å². The molecule has 17 heavy (non-hydrogen) atoms. The van der Waals surface area contributed by atoms with Gasteiger partial charge in [-0.1, -0.05) is 0 Å². The Balaban J connectivity index is 2.85. The molecule has 0 atom stereocenters. The summed E-state index contributed by atoms with van der Waals surface area (Å²) in [6, 6.07) is 0. The summed E-state index contributed by atoms with van der Waals surface area (Å²) < 4.78 is 0. The van der Waals surface area contributed by atoms with Crippen molar-refractivity contribution in [1.29, 1.82) is 0 Å². The minimum atomic E-state index is 0.968. The van der Waals surface area contributed by atoms with E-state index >= 15 is 0 Å². The van der Waals surface area contributed by atoms with Crippen LogP contribution >= 0.6 is 0 Å². The Bertz CT molecular complexity index is 109. The average Bonchev–Trinajstić information content (AvgIpc) is 2.35. The summed E-state index contributed by atoms with van der Waals surface area (Å²) in [4.78, 5) is 0. The van der Waals surface area contributed by atoms with Gasteiger partial charge in [0.25, 0.3) is 0 Å². The van der Waals surface area contributed by atoms with Gasteiger partial charge in [0.1, 0.15) is 0 Å². The van der Waals surface area contributed by atoms with Crippen LogP contribution in [-0.4, -0.2) is 15.0 Å². The van der Waals surface area contributed by atoms with Gasteiger partial charge in [-0.3, -0.25) is 0 Å². The van der Waals surface area contributed by atoms with Gasteiger partial charge in [-0.05, 0) is 0 Å². The first kappa shape index (κ1) is 17.5. The molecule has 0 nitrogen and oxygen atoms in total. The van der Waals surface area contributed by atoms with Crippen molar-refractivity contribution < 1.29 is 0 Å². The maximum absolute atomic E-state index is 2.30. The van der Waals surface area contributed by atoms with E-state index in [9.17, 15) is 0 Å². The van der Waals surface area contributed by atoms with E-state index in [1.165, 1.54) is 77.0 Å². The molecular weight excluding hydrogens is 271 g/mol. The Hall–Kier alpha value is 0.519. The van der Waals surface area contributed by atoms with Crippen LogP contribution < -0.4 is 0 Å². The summed E-state index contributed by atoms with van der Waals surface area (Å²) in [5.74, 6) is 0. The Morgan fingerprint density at radius 2 is 0.824 bits per heavy atom. The van der Waals surface area contributed by atoms with Gasteiger partial charge in [0, 0.05) is 0 Å². The second kappa shape index (κ2) is 16.5. The molecule has 0 N–H and O–H groups in total. The summed E-state index contributed by atoms with van der Waals surface area (Å²) in [6.45, 7) is 4.59. The van der Waals surface area contributed by atoms with Crippen molar-refractivity contribution in [3.8, 4) is 0 Å². The summed E-state index contributed by atoms with van der Waals surface area (Å²) >= 11 is 0.968. The molecule has 0 aliphatic heterocycles. The summed E-state index contributed by atoms with van der Waals surface area (Å²) in [5, 5.41) is 3.09. The molecule has 0 aromatic rings. The van der Waals surface area contributed by atoms with E-state index < -0.39 is 0 Å². The molecule has 0 saturated heterocycles. The number of rotatable bonds is 14. The fourth-order valence-corrected chi connectivity index (χ4v) is 4.21. The van der Waals surface area contributed by atoms with Gasteiger partial charge in [0.2, 0.25) is 0 Å². The molecule has 0 fully saturated rings. The predicted octanol–water partition coefficient (Wildman–Crippen LogP) is 6.25. The van der Waals surface area contributed by atoms with E-state index in [1.807, 2.05) is 0 Å². The molecule has 0 saturated carbocycles. The SMILES string of the molecule is CCCCCCCCCC[Se]CCCCCC. The molecule has 0 bridgehead atoms. The molecule has 0 radical (unpaired) electrons. The molecule has 0 aliphatic carbocycles. The number of hydrogen-bond acceptors (Lipinski definition) is 0. The average molecular weight is 305 g/mol. The van der Waals surface area contributed by atoms with Crippen LogP contribution in [0.3, 0.4) is 0 Å². The zero-order chi connectivity index (χ0) is 12.6. The van der Waals surface area contributed by atoms with E-state index in [1.54, 1.807) is 10.6 Å². The molecule has 0 spiro atoms. The van der Waals surface area contributed by atoms with Gasteiger partial charge < -0.3 is 0 Å². The quantitative estimate of drug-likeness (QED) is 0.263. The Kier molecular flexibility index (Phi) is 17.0. The van der Waals surface area contributed by atoms with Crippen LogP contribution in [0.15, 0.2) is 0 Å². The zero-order valence-corrected chi connectivity index (χ0v) is 14.0. The third-order valence-corrected chi connectivity index (χ3v) is 5.71. The Morgan fingerprint density at radius 1 is 0.471 bits per heavy atom. The molecule has 1 heteroatoms. The van der Waals surface area contributed by atoms with E-state index in [4.69, 9.17) is 0 Å². The first-order valence-corrected chi connectivity index (χ1v) is 10.4. The number of hydrogen-bond donors (Lipinski definition) is 0. The molecule has 0 aliphatic rings. The van der Waals surface area contributed by atoms with Crippen LogP contribution in [0, 0.1) is 0 Å². The van der Waals surface area contributed by atoms with Crippen molar-refractivity contribution in [2.24, 2.45) is 0 Å². The standard InChI is InChI=1S/C16H34Se/c1-3-5-7-9-10-11-12-14-16-17-15-13-8-6-4-2/h3-16H2,1-2H3. The molecule has 0 rings (SSSR count). The molecule has 104 valence electrons. The van der Waals surface area contributed by atoms with Crippen LogP contribution in [0.4, 0.5) is 0 Å². The molecule has 0 amide bonds. The van der Waals surface area contributed by atoms with E-state index in [2.05, 4.69) is 13.8 Å². The molecule has 0 heterocycles. The molecule has 0 aromatic heterocycles. The molecule has 0 aromatic carbocycles. The van der Waals surface area contributed by atoms with Gasteiger partial charge in [0.05, 0.1) is 0 Å². The second-order valence-electron chi connectivity index (χ2n) is 5.15. The molecule has 0 unspecified atom stereocenters. The second-order valence-corrected chi connectivity index (χ2v) is 7.72. The normalized spacial score (nSPS) is 10.9. The minimum absolute atomic E-state index is 0.968. The third kappa shape index (κ3) is 16.5. The Labute approximate surface area is 116 Å². The summed E-state index contributed by atoms with van der Waals surface area (Å²) in [5.41, 5.74) is 0. The van der Waals surface area contributed by atoms with Crippen molar-refractivity contribution >= 4 is 15.0 Å². The van der Waals surface area contributed by atoms with Gasteiger partial charge in [-0.2, -0.15) is 0 Å². The predicted molar refractivity (Wildman–Crippen MR) is 82.1 cm³/mol. The summed E-state index contributed by atoms with van der Waals surface area (Å²) in [6.07, 6.45) is 17.6. The Morgan fingerprint density at radius 3 is 1.29 bits per heavy atom. The van der Waals surface area contributed by atoms with Crippen LogP contribution in [0.25, 0.3) is 0 Å². The van der Waals surface area contributed by atoms with E-state index in [-0.39, 0.29) is 0 Å². The van der Waals surface area contributed by atoms with Gasteiger partial charge in [-0.15, -0.1) is 0 Å². The molecular formula is C16H34Se. The first-order valence-electron chi connectivity index (χ1n) is 7.99. The fraction of sp³-hybridized carbons (Fsp3) is 1.00. The van der Waals surface area contributed by atoms with E-state index in [0.29, 0.717) is 0 Å². The monoisotopic (exact) mass is 306 g/mol. The summed E-state index contributed by atoms with van der Waals surface area (Å²) in [7, 11) is 0. The third-order valence-electron chi connectivity index (χ3n) is 3.28.